The average molecular weight is 446 g/mol. The van der Waals surface area contributed by atoms with Gasteiger partial charge in [0.25, 0.3) is 0 Å². The number of nitrogens with one attached hydrogen (secondary N) is 1. The van der Waals surface area contributed by atoms with E-state index >= 15 is 0 Å². The molecule has 0 atom stereocenters. The van der Waals surface area contributed by atoms with E-state index in [9.17, 15) is 18.4 Å². The topological polar surface area (TPSA) is 97.6 Å². The second-order valence-corrected chi connectivity index (χ2v) is 8.29. The summed E-state index contributed by atoms with van der Waals surface area (Å²) in [5, 5.41) is 2.77. The number of pyridine rings is 1. The molecule has 1 fully saturated rings. The smallest absolute Gasteiger partial charge is 0.388 e. The molecule has 1 aliphatic heterocycles. The van der Waals surface area contributed by atoms with Gasteiger partial charge in [0.15, 0.2) is 0 Å². The summed E-state index contributed by atoms with van der Waals surface area (Å²) in [4.78, 5) is 30.9. The summed E-state index contributed by atoms with van der Waals surface area (Å²) in [7, 11) is 0. The first-order valence-corrected chi connectivity index (χ1v) is 10.5. The molecule has 32 heavy (non-hydrogen) atoms. The Morgan fingerprint density at radius 2 is 1.81 bits per heavy atom. The van der Waals surface area contributed by atoms with Gasteiger partial charge < -0.3 is 20.7 Å². The summed E-state index contributed by atoms with van der Waals surface area (Å²) < 4.78 is 30.3. The maximum atomic E-state index is 13.7. The van der Waals surface area contributed by atoms with Gasteiger partial charge in [-0.15, -0.1) is 0 Å². The fraction of sp³-hybridized carbons (Fsp3) is 0.435. The van der Waals surface area contributed by atoms with Crippen molar-refractivity contribution in [1.82, 2.24) is 9.88 Å². The molecule has 9 heteroatoms. The number of carbonyl (C=O) groups excluding carboxylic acids is 2. The molecule has 3 N–H and O–H groups in total. The number of aryl methyl sites for hydroxylation is 1. The van der Waals surface area contributed by atoms with Crippen molar-refractivity contribution in [1.29, 1.82) is 0 Å². The van der Waals surface area contributed by atoms with Crippen LogP contribution < -0.4 is 15.8 Å². The van der Waals surface area contributed by atoms with Gasteiger partial charge in [0, 0.05) is 18.8 Å². The van der Waals surface area contributed by atoms with Crippen LogP contribution in [0.1, 0.15) is 49.4 Å². The highest BCUT2D eigenvalue weighted by Crippen LogP contribution is 2.41. The molecule has 3 amide bonds. The zero-order valence-corrected chi connectivity index (χ0v) is 18.4. The number of aromatic nitrogens is 1. The number of halogens is 2. The Labute approximate surface area is 185 Å². The van der Waals surface area contributed by atoms with E-state index in [-0.39, 0.29) is 23.4 Å². The molecule has 1 aromatic carbocycles. The molecule has 0 radical (unpaired) electrons. The summed E-state index contributed by atoms with van der Waals surface area (Å²) in [6, 6.07) is 10.3. The molecule has 172 valence electrons. The first-order chi connectivity index (χ1) is 15.1. The summed E-state index contributed by atoms with van der Waals surface area (Å²) in [5.74, 6) is -0.543. The van der Waals surface area contributed by atoms with Crippen LogP contribution in [-0.4, -0.2) is 41.5 Å². The van der Waals surface area contributed by atoms with Crippen LogP contribution in [-0.2, 0) is 10.2 Å². The molecule has 1 aromatic heterocycles. The number of hydrogen-bond donors (Lipinski definition) is 2. The summed E-state index contributed by atoms with van der Waals surface area (Å²) in [6.07, 6.45) is 0.686. The zero-order chi connectivity index (χ0) is 23.5. The maximum Gasteiger partial charge on any atom is 0.388 e. The number of primary amides is 1. The second-order valence-electron chi connectivity index (χ2n) is 8.29. The van der Waals surface area contributed by atoms with E-state index in [1.807, 2.05) is 38.1 Å². The number of benzene rings is 1. The Morgan fingerprint density at radius 3 is 2.41 bits per heavy atom. The minimum atomic E-state index is -3.07. The van der Waals surface area contributed by atoms with E-state index in [1.165, 1.54) is 11.0 Å². The quantitative estimate of drug-likeness (QED) is 0.696. The van der Waals surface area contributed by atoms with E-state index in [4.69, 9.17) is 5.73 Å². The van der Waals surface area contributed by atoms with Crippen LogP contribution in [0, 0.1) is 6.92 Å². The van der Waals surface area contributed by atoms with Gasteiger partial charge in [0.2, 0.25) is 11.8 Å². The van der Waals surface area contributed by atoms with Gasteiger partial charge in [-0.3, -0.25) is 4.79 Å². The molecular formula is C23H28F2N4O3. The van der Waals surface area contributed by atoms with Crippen molar-refractivity contribution in [3.05, 3.63) is 53.2 Å². The number of hydrogen-bond acceptors (Lipinski definition) is 4. The number of piperidine rings is 1. The minimum Gasteiger partial charge on any atom is -0.415 e. The number of nitrogens with two attached hydrogens (primary N) is 1. The normalized spacial score (nSPS) is 15.7. The third-order valence-electron chi connectivity index (χ3n) is 5.91. The van der Waals surface area contributed by atoms with Gasteiger partial charge in [-0.05, 0) is 48.9 Å². The van der Waals surface area contributed by atoms with Crippen molar-refractivity contribution >= 4 is 17.6 Å². The lowest BCUT2D eigenvalue weighted by Crippen LogP contribution is -2.52. The van der Waals surface area contributed by atoms with Crippen molar-refractivity contribution < 1.29 is 23.1 Å². The molecule has 0 unspecified atom stereocenters. The van der Waals surface area contributed by atoms with Crippen LogP contribution in [0.15, 0.2) is 36.4 Å². The highest BCUT2D eigenvalue weighted by molar-refractivity contribution is 6.00. The minimum absolute atomic E-state index is 0.0691. The molecule has 0 aliphatic carbocycles. The van der Waals surface area contributed by atoms with Crippen LogP contribution in [0.4, 0.5) is 19.3 Å². The van der Waals surface area contributed by atoms with Gasteiger partial charge in [0.05, 0.1) is 5.41 Å². The van der Waals surface area contributed by atoms with E-state index in [0.717, 1.165) is 11.1 Å². The van der Waals surface area contributed by atoms with Crippen LogP contribution in [0.3, 0.4) is 0 Å². The van der Waals surface area contributed by atoms with Gasteiger partial charge in [-0.25, -0.2) is 9.78 Å². The number of urea groups is 1. The number of anilines is 1. The molecule has 0 bridgehead atoms. The predicted octanol–water partition coefficient (Wildman–Crippen LogP) is 4.17. The van der Waals surface area contributed by atoms with E-state index < -0.39 is 18.1 Å². The molecule has 1 saturated heterocycles. The van der Waals surface area contributed by atoms with Gasteiger partial charge in [-0.2, -0.15) is 8.78 Å². The Morgan fingerprint density at radius 1 is 1.16 bits per heavy atom. The van der Waals surface area contributed by atoms with Crippen LogP contribution in [0.2, 0.25) is 0 Å². The number of carbonyl (C=O) groups is 2. The summed E-state index contributed by atoms with van der Waals surface area (Å²) in [6.45, 7) is 3.27. The number of rotatable bonds is 6. The number of likely N-dealkylation sites (tertiary alicyclic amines) is 1. The molecular weight excluding hydrogens is 418 g/mol. The Kier molecular flexibility index (Phi) is 6.96. The summed E-state index contributed by atoms with van der Waals surface area (Å²) >= 11 is 0. The molecule has 0 saturated carbocycles. The van der Waals surface area contributed by atoms with Gasteiger partial charge in [0.1, 0.15) is 5.69 Å². The Bertz CT molecular complexity index is 989. The van der Waals surface area contributed by atoms with Crippen molar-refractivity contribution in [2.45, 2.75) is 51.6 Å². The number of alkyl halides is 2. The first-order valence-electron chi connectivity index (χ1n) is 10.5. The monoisotopic (exact) mass is 446 g/mol. The lowest BCUT2D eigenvalue weighted by atomic mass is 9.69. The van der Waals surface area contributed by atoms with Crippen molar-refractivity contribution in [2.24, 2.45) is 5.73 Å². The third-order valence-corrected chi connectivity index (χ3v) is 5.91. The molecule has 1 aliphatic rings. The average Bonchev–Trinajstić information content (AvgIpc) is 2.75. The van der Waals surface area contributed by atoms with Crippen molar-refractivity contribution in [3.63, 3.8) is 0 Å². The van der Waals surface area contributed by atoms with E-state index in [2.05, 4.69) is 15.0 Å². The SMILES string of the molecule is Cc1ccc(NC(=O)C2(c3ccccc3C(C)C)CCN(C(N)=O)CC2)c(OC(F)F)n1. The van der Waals surface area contributed by atoms with Gasteiger partial charge >= 0.3 is 12.6 Å². The highest BCUT2D eigenvalue weighted by Gasteiger charge is 2.45. The molecule has 7 nitrogen and oxygen atoms in total. The fourth-order valence-electron chi connectivity index (χ4n) is 4.21. The fourth-order valence-corrected chi connectivity index (χ4v) is 4.21. The predicted molar refractivity (Wildman–Crippen MR) is 117 cm³/mol. The molecule has 0 spiro atoms. The first kappa shape index (κ1) is 23.4. The zero-order valence-electron chi connectivity index (χ0n) is 18.4. The van der Waals surface area contributed by atoms with Crippen LogP contribution in [0.5, 0.6) is 5.88 Å². The number of amides is 3. The third kappa shape index (κ3) is 4.81. The van der Waals surface area contributed by atoms with Crippen molar-refractivity contribution in [2.75, 3.05) is 18.4 Å². The lowest BCUT2D eigenvalue weighted by molar-refractivity contribution is -0.123. The molecule has 2 aromatic rings. The number of nitrogens with zero attached hydrogens (tertiary/aromatic N) is 2. The van der Waals surface area contributed by atoms with Crippen molar-refractivity contribution in [3.8, 4) is 5.88 Å². The highest BCUT2D eigenvalue weighted by atomic mass is 19.3. The van der Waals surface area contributed by atoms with E-state index in [1.54, 1.807) is 13.0 Å². The summed E-state index contributed by atoms with van der Waals surface area (Å²) in [5.41, 5.74) is 6.89. The Hall–Kier alpha value is -3.23. The van der Waals surface area contributed by atoms with E-state index in [0.29, 0.717) is 31.6 Å². The lowest BCUT2D eigenvalue weighted by Gasteiger charge is -2.41. The maximum absolute atomic E-state index is 13.7. The largest absolute Gasteiger partial charge is 0.415 e. The molecule has 2 heterocycles. The molecule has 3 rings (SSSR count). The van der Waals surface area contributed by atoms with Gasteiger partial charge in [-0.1, -0.05) is 38.1 Å². The van der Waals surface area contributed by atoms with Crippen LogP contribution in [0.25, 0.3) is 0 Å². The number of ether oxygens (including phenoxy) is 1. The van der Waals surface area contributed by atoms with Crippen LogP contribution >= 0.6 is 0 Å². The standard InChI is InChI=1S/C23H28F2N4O3/c1-14(2)16-6-4-5-7-17(16)23(10-12-29(13-11-23)22(26)31)20(30)28-18-9-8-15(3)27-19(18)32-21(24)25/h4-9,14,21H,10-13H2,1-3H3,(H2,26,31)(H,28,30). The Balaban J connectivity index is 2.02. The second kappa shape index (κ2) is 9.50.